The predicted molar refractivity (Wildman–Crippen MR) is 254 cm³/mol. The summed E-state index contributed by atoms with van der Waals surface area (Å²) in [7, 11) is 0. The lowest BCUT2D eigenvalue weighted by molar-refractivity contribution is 0.148. The topological polar surface area (TPSA) is 23.6 Å². The number of carbonyl (C=O) groups is 1. The summed E-state index contributed by atoms with van der Waals surface area (Å²) < 4.78 is 0. The molecule has 0 aliphatic heterocycles. The zero-order valence-electron chi connectivity index (χ0n) is 40.4. The van der Waals surface area contributed by atoms with Gasteiger partial charge in [0, 0.05) is 26.2 Å². The van der Waals surface area contributed by atoms with E-state index < -0.39 is 0 Å². The number of hydrogen-bond acceptors (Lipinski definition) is 1. The van der Waals surface area contributed by atoms with Gasteiger partial charge in [0.25, 0.3) is 0 Å². The molecule has 0 aromatic heterocycles. The van der Waals surface area contributed by atoms with Crippen LogP contribution in [0.1, 0.15) is 287 Å². The minimum atomic E-state index is 0.371. The molecule has 0 saturated carbocycles. The van der Waals surface area contributed by atoms with Gasteiger partial charge < -0.3 is 9.80 Å². The standard InChI is InChI=1S/C53H108N2O/c1-49(2)41-33-25-17-9-13-21-29-37-45-54(46-38-30-22-14-10-18-26-34-42-50(3)4)53(56)55(47-39-31-23-15-11-19-27-35-43-51(5)6)48-40-32-24-16-12-20-28-36-44-52(7)8/h49-52H,9-48H2,1-8H3. The second-order valence-electron chi connectivity index (χ2n) is 20.3. The quantitative estimate of drug-likeness (QED) is 0.0564. The first-order chi connectivity index (χ1) is 27.1. The summed E-state index contributed by atoms with van der Waals surface area (Å²) in [6, 6.07) is 0.371. The van der Waals surface area contributed by atoms with Crippen LogP contribution in [0.3, 0.4) is 0 Å². The van der Waals surface area contributed by atoms with Gasteiger partial charge in [-0.3, -0.25) is 0 Å². The van der Waals surface area contributed by atoms with Gasteiger partial charge in [0.2, 0.25) is 0 Å². The molecule has 0 radical (unpaired) electrons. The minimum Gasteiger partial charge on any atom is -0.325 e. The molecule has 0 spiro atoms. The Balaban J connectivity index is 4.99. The summed E-state index contributed by atoms with van der Waals surface area (Å²) in [5.74, 6) is 3.39. The molecule has 0 aromatic carbocycles. The van der Waals surface area contributed by atoms with Crippen molar-refractivity contribution in [3.05, 3.63) is 0 Å². The second-order valence-corrected chi connectivity index (χ2v) is 20.3. The Labute approximate surface area is 355 Å². The Hall–Kier alpha value is -0.730. The Bertz CT molecular complexity index is 658. The highest BCUT2D eigenvalue weighted by molar-refractivity contribution is 5.74. The van der Waals surface area contributed by atoms with E-state index in [1.807, 2.05) is 0 Å². The normalized spacial score (nSPS) is 11.9. The second kappa shape index (κ2) is 42.4. The Morgan fingerprint density at radius 3 is 0.554 bits per heavy atom. The van der Waals surface area contributed by atoms with Crippen LogP contribution in [0.5, 0.6) is 0 Å². The zero-order chi connectivity index (χ0) is 41.3. The van der Waals surface area contributed by atoms with Crippen LogP contribution in [-0.4, -0.2) is 42.0 Å². The molecule has 0 fully saturated rings. The van der Waals surface area contributed by atoms with Gasteiger partial charge in [-0.25, -0.2) is 4.79 Å². The molecule has 2 amide bonds. The molecule has 0 unspecified atom stereocenters. The van der Waals surface area contributed by atoms with Gasteiger partial charge in [-0.05, 0) is 49.4 Å². The molecule has 0 saturated heterocycles. The van der Waals surface area contributed by atoms with Gasteiger partial charge in [-0.1, -0.05) is 261 Å². The maximum Gasteiger partial charge on any atom is 0.319 e. The number of urea groups is 1. The molecule has 0 aromatic rings. The number of rotatable bonds is 44. The molecular weight excluding hydrogens is 681 g/mol. The third kappa shape index (κ3) is 41.4. The van der Waals surface area contributed by atoms with E-state index in [4.69, 9.17) is 0 Å². The highest BCUT2D eigenvalue weighted by Gasteiger charge is 2.20. The summed E-state index contributed by atoms with van der Waals surface area (Å²) in [6.07, 6.45) is 48.6. The lowest BCUT2D eigenvalue weighted by atomic mass is 10.0. The van der Waals surface area contributed by atoms with Crippen molar-refractivity contribution in [3.63, 3.8) is 0 Å². The zero-order valence-corrected chi connectivity index (χ0v) is 40.4. The molecule has 0 N–H and O–H groups in total. The highest BCUT2D eigenvalue weighted by atomic mass is 16.2. The molecule has 0 atom stereocenters. The molecule has 0 rings (SSSR count). The summed E-state index contributed by atoms with van der Waals surface area (Å²) >= 11 is 0. The van der Waals surface area contributed by atoms with E-state index in [1.165, 1.54) is 231 Å². The number of hydrogen-bond donors (Lipinski definition) is 0. The van der Waals surface area contributed by atoms with Crippen LogP contribution in [0.25, 0.3) is 0 Å². The van der Waals surface area contributed by atoms with Gasteiger partial charge in [0.05, 0.1) is 0 Å². The van der Waals surface area contributed by atoms with Gasteiger partial charge in [-0.2, -0.15) is 0 Å². The maximum atomic E-state index is 14.4. The Morgan fingerprint density at radius 1 is 0.250 bits per heavy atom. The van der Waals surface area contributed by atoms with Crippen LogP contribution in [0.2, 0.25) is 0 Å². The number of carbonyl (C=O) groups excluding carboxylic acids is 1. The van der Waals surface area contributed by atoms with Crippen molar-refractivity contribution >= 4 is 6.03 Å². The molecule has 0 aliphatic carbocycles. The molecule has 3 nitrogen and oxygen atoms in total. The third-order valence-electron chi connectivity index (χ3n) is 12.4. The lowest BCUT2D eigenvalue weighted by Crippen LogP contribution is -2.45. The van der Waals surface area contributed by atoms with Crippen molar-refractivity contribution in [1.82, 2.24) is 9.80 Å². The first kappa shape index (κ1) is 55.3. The molecule has 0 bridgehead atoms. The van der Waals surface area contributed by atoms with Crippen molar-refractivity contribution in [2.75, 3.05) is 26.2 Å². The van der Waals surface area contributed by atoms with E-state index >= 15 is 0 Å². The fourth-order valence-electron chi connectivity index (χ4n) is 8.47. The average Bonchev–Trinajstić information content (AvgIpc) is 3.15. The highest BCUT2D eigenvalue weighted by Crippen LogP contribution is 2.18. The molecular formula is C53H108N2O. The third-order valence-corrected chi connectivity index (χ3v) is 12.4. The van der Waals surface area contributed by atoms with Gasteiger partial charge in [-0.15, -0.1) is 0 Å². The SMILES string of the molecule is CC(C)CCCCCCCCCCN(CCCCCCCCCCC(C)C)C(=O)N(CCCCCCCCCCC(C)C)CCCCCCCCCCC(C)C. The molecule has 56 heavy (non-hydrogen) atoms. The predicted octanol–water partition coefficient (Wildman–Crippen LogP) is 18.4. The van der Waals surface area contributed by atoms with E-state index in [-0.39, 0.29) is 0 Å². The maximum absolute atomic E-state index is 14.4. The van der Waals surface area contributed by atoms with Gasteiger partial charge in [0.1, 0.15) is 0 Å². The number of unbranched alkanes of at least 4 members (excludes halogenated alkanes) is 28. The lowest BCUT2D eigenvalue weighted by Gasteiger charge is -2.31. The Kier molecular flexibility index (Phi) is 41.8. The van der Waals surface area contributed by atoms with Crippen LogP contribution in [0.15, 0.2) is 0 Å². The number of amides is 2. The van der Waals surface area contributed by atoms with Crippen LogP contribution in [0, 0.1) is 23.7 Å². The minimum absolute atomic E-state index is 0.371. The van der Waals surface area contributed by atoms with Crippen LogP contribution in [0.4, 0.5) is 4.79 Å². The van der Waals surface area contributed by atoms with Crippen molar-refractivity contribution in [1.29, 1.82) is 0 Å². The largest absolute Gasteiger partial charge is 0.325 e. The van der Waals surface area contributed by atoms with Crippen LogP contribution >= 0.6 is 0 Å². The van der Waals surface area contributed by atoms with Crippen LogP contribution < -0.4 is 0 Å². The molecule has 336 valence electrons. The molecule has 3 heteroatoms. The summed E-state index contributed by atoms with van der Waals surface area (Å²) in [6.45, 7) is 22.6. The fraction of sp³-hybridized carbons (Fsp3) is 0.981. The fourth-order valence-corrected chi connectivity index (χ4v) is 8.47. The van der Waals surface area contributed by atoms with Gasteiger partial charge in [0.15, 0.2) is 0 Å². The Morgan fingerprint density at radius 2 is 0.393 bits per heavy atom. The molecule has 0 aliphatic rings. The first-order valence-electron chi connectivity index (χ1n) is 26.2. The smallest absolute Gasteiger partial charge is 0.319 e. The first-order valence-corrected chi connectivity index (χ1v) is 26.2. The van der Waals surface area contributed by atoms with Crippen molar-refractivity contribution in [3.8, 4) is 0 Å². The molecule has 0 heterocycles. The van der Waals surface area contributed by atoms with E-state index in [0.717, 1.165) is 49.9 Å². The van der Waals surface area contributed by atoms with E-state index in [1.54, 1.807) is 0 Å². The van der Waals surface area contributed by atoms with E-state index in [0.29, 0.717) is 6.03 Å². The van der Waals surface area contributed by atoms with Crippen molar-refractivity contribution in [2.45, 2.75) is 287 Å². The van der Waals surface area contributed by atoms with Gasteiger partial charge >= 0.3 is 6.03 Å². The van der Waals surface area contributed by atoms with E-state index in [9.17, 15) is 4.79 Å². The summed E-state index contributed by atoms with van der Waals surface area (Å²) in [5.41, 5.74) is 0. The van der Waals surface area contributed by atoms with Crippen molar-refractivity contribution < 1.29 is 4.79 Å². The monoisotopic (exact) mass is 789 g/mol. The van der Waals surface area contributed by atoms with Crippen molar-refractivity contribution in [2.24, 2.45) is 23.7 Å². The van der Waals surface area contributed by atoms with Crippen LogP contribution in [-0.2, 0) is 0 Å². The summed E-state index contributed by atoms with van der Waals surface area (Å²) in [4.78, 5) is 19.0. The van der Waals surface area contributed by atoms with E-state index in [2.05, 4.69) is 65.2 Å². The summed E-state index contributed by atoms with van der Waals surface area (Å²) in [5, 5.41) is 0. The average molecular weight is 789 g/mol. The number of nitrogens with zero attached hydrogens (tertiary/aromatic N) is 2.